The maximum Gasteiger partial charge on any atom is 0.416 e. The number of rotatable bonds is 5. The fraction of sp³-hybridized carbons (Fsp3) is 0.400. The van der Waals surface area contributed by atoms with E-state index < -0.39 is 17.6 Å². The lowest BCUT2D eigenvalue weighted by atomic mass is 10.2. The second-order valence-corrected chi connectivity index (χ2v) is 3.47. The number of aromatic nitrogens is 1. The molecule has 0 aliphatic carbocycles. The van der Waals surface area contributed by atoms with Crippen molar-refractivity contribution in [3.05, 3.63) is 17.7 Å². The summed E-state index contributed by atoms with van der Waals surface area (Å²) in [5.41, 5.74) is 4.05. The number of carbonyl (C=O) groups is 1. The van der Waals surface area contributed by atoms with Crippen LogP contribution in [0.1, 0.15) is 12.5 Å². The van der Waals surface area contributed by atoms with Crippen LogP contribution in [0.4, 0.5) is 24.8 Å². The topological polar surface area (TPSA) is 80.0 Å². The number of nitrogens with one attached hydrogen (secondary N) is 2. The minimum Gasteiger partial charge on any atom is -0.370 e. The fourth-order valence-corrected chi connectivity index (χ4v) is 1.23. The second kappa shape index (κ2) is 5.56. The quantitative estimate of drug-likeness (QED) is 0.750. The first-order valence-electron chi connectivity index (χ1n) is 5.18. The normalized spacial score (nSPS) is 11.1. The van der Waals surface area contributed by atoms with Gasteiger partial charge in [-0.25, -0.2) is 4.98 Å². The molecule has 0 radical (unpaired) electrons. The number of hydrogen-bond donors (Lipinski definition) is 3. The summed E-state index contributed by atoms with van der Waals surface area (Å²) in [6.07, 6.45) is -4.48. The highest BCUT2D eigenvalue weighted by atomic mass is 19.4. The molecule has 0 fully saturated rings. The molecule has 5 nitrogen and oxygen atoms in total. The number of anilines is 2. The summed E-state index contributed by atoms with van der Waals surface area (Å²) in [6.45, 7) is 1.89. The lowest BCUT2D eigenvalue weighted by Gasteiger charge is -2.12. The van der Waals surface area contributed by atoms with Crippen LogP contribution in [0.2, 0.25) is 0 Å². The first-order chi connectivity index (χ1) is 8.32. The van der Waals surface area contributed by atoms with Gasteiger partial charge in [-0.05, 0) is 19.1 Å². The van der Waals surface area contributed by atoms with Crippen LogP contribution < -0.4 is 16.4 Å². The smallest absolute Gasteiger partial charge is 0.370 e. The van der Waals surface area contributed by atoms with Gasteiger partial charge in [-0.15, -0.1) is 0 Å². The van der Waals surface area contributed by atoms with Crippen LogP contribution in [0.15, 0.2) is 12.1 Å². The summed E-state index contributed by atoms with van der Waals surface area (Å²) in [4.78, 5) is 14.4. The van der Waals surface area contributed by atoms with Gasteiger partial charge in [0.2, 0.25) is 5.91 Å². The Kier molecular flexibility index (Phi) is 4.35. The Labute approximate surface area is 102 Å². The van der Waals surface area contributed by atoms with Crippen molar-refractivity contribution < 1.29 is 18.0 Å². The van der Waals surface area contributed by atoms with Crippen LogP contribution in [-0.2, 0) is 11.0 Å². The van der Waals surface area contributed by atoms with Gasteiger partial charge in [-0.3, -0.25) is 4.79 Å². The van der Waals surface area contributed by atoms with Crippen molar-refractivity contribution in [1.82, 2.24) is 4.98 Å². The Morgan fingerprint density at radius 3 is 2.33 bits per heavy atom. The molecule has 0 saturated carbocycles. The number of halogens is 3. The lowest BCUT2D eigenvalue weighted by molar-refractivity contribution is -0.137. The first kappa shape index (κ1) is 14.1. The molecule has 18 heavy (non-hydrogen) atoms. The van der Waals surface area contributed by atoms with Gasteiger partial charge in [0.1, 0.15) is 11.6 Å². The van der Waals surface area contributed by atoms with Crippen molar-refractivity contribution in [3.63, 3.8) is 0 Å². The third kappa shape index (κ3) is 4.11. The Morgan fingerprint density at radius 2 is 1.89 bits per heavy atom. The summed E-state index contributed by atoms with van der Waals surface area (Å²) in [5, 5.41) is 5.11. The van der Waals surface area contributed by atoms with Crippen molar-refractivity contribution >= 4 is 17.5 Å². The number of nitrogens with two attached hydrogens (primary N) is 1. The molecule has 0 aliphatic rings. The molecule has 1 amide bonds. The third-order valence-electron chi connectivity index (χ3n) is 1.95. The van der Waals surface area contributed by atoms with Gasteiger partial charge < -0.3 is 16.4 Å². The summed E-state index contributed by atoms with van der Waals surface area (Å²) in [5.74, 6) is -0.655. The van der Waals surface area contributed by atoms with Gasteiger partial charge in [0.05, 0.1) is 12.1 Å². The molecule has 0 spiro atoms. The molecule has 0 unspecified atom stereocenters. The molecule has 1 rings (SSSR count). The molecule has 100 valence electrons. The molecule has 0 atom stereocenters. The minimum atomic E-state index is -4.48. The van der Waals surface area contributed by atoms with Gasteiger partial charge in [0, 0.05) is 6.54 Å². The van der Waals surface area contributed by atoms with Crippen LogP contribution in [0.3, 0.4) is 0 Å². The Hall–Kier alpha value is -1.99. The molecule has 8 heteroatoms. The molecule has 0 aromatic carbocycles. The highest BCUT2D eigenvalue weighted by molar-refractivity contribution is 5.78. The average Bonchev–Trinajstić information content (AvgIpc) is 2.25. The number of amides is 1. The molecule has 1 heterocycles. The van der Waals surface area contributed by atoms with E-state index in [-0.39, 0.29) is 18.2 Å². The molecule has 0 saturated heterocycles. The van der Waals surface area contributed by atoms with E-state index in [2.05, 4.69) is 15.6 Å². The predicted molar refractivity (Wildman–Crippen MR) is 61.1 cm³/mol. The van der Waals surface area contributed by atoms with Crippen LogP contribution in [0.25, 0.3) is 0 Å². The molecular formula is C10H13F3N4O. The lowest BCUT2D eigenvalue weighted by Crippen LogP contribution is -2.22. The highest BCUT2D eigenvalue weighted by Gasteiger charge is 2.31. The second-order valence-electron chi connectivity index (χ2n) is 3.47. The van der Waals surface area contributed by atoms with Gasteiger partial charge in [-0.2, -0.15) is 13.2 Å². The fourth-order valence-electron chi connectivity index (χ4n) is 1.23. The van der Waals surface area contributed by atoms with Crippen molar-refractivity contribution in [2.75, 3.05) is 23.7 Å². The third-order valence-corrected chi connectivity index (χ3v) is 1.95. The Bertz CT molecular complexity index is 434. The molecule has 1 aromatic heterocycles. The van der Waals surface area contributed by atoms with Crippen molar-refractivity contribution in [2.45, 2.75) is 13.1 Å². The van der Waals surface area contributed by atoms with Crippen molar-refractivity contribution in [3.8, 4) is 0 Å². The van der Waals surface area contributed by atoms with E-state index in [0.717, 1.165) is 12.1 Å². The number of hydrogen-bond acceptors (Lipinski definition) is 4. The van der Waals surface area contributed by atoms with Crippen LogP contribution in [0, 0.1) is 0 Å². The largest absolute Gasteiger partial charge is 0.416 e. The van der Waals surface area contributed by atoms with Crippen molar-refractivity contribution in [1.29, 1.82) is 0 Å². The molecular weight excluding hydrogens is 249 g/mol. The standard InChI is InChI=1S/C10H13F3N4O/c1-2-15-8-3-6(10(11,12)13)4-9(17-8)16-5-7(14)18/h3-4H,2,5H2,1H3,(H2,14,18)(H2,15,16,17). The molecule has 1 aromatic rings. The number of carbonyl (C=O) groups excluding carboxylic acids is 1. The Balaban J connectivity index is 3.02. The monoisotopic (exact) mass is 262 g/mol. The summed E-state index contributed by atoms with van der Waals surface area (Å²) < 4.78 is 37.8. The van der Waals surface area contributed by atoms with Gasteiger partial charge in [0.25, 0.3) is 0 Å². The average molecular weight is 262 g/mol. The van der Waals surface area contributed by atoms with E-state index in [4.69, 9.17) is 5.73 Å². The number of primary amides is 1. The maximum atomic E-state index is 12.6. The van der Waals surface area contributed by atoms with Crippen LogP contribution in [-0.4, -0.2) is 24.0 Å². The van der Waals surface area contributed by atoms with E-state index in [1.54, 1.807) is 6.92 Å². The maximum absolute atomic E-state index is 12.6. The number of nitrogens with zero attached hydrogens (tertiary/aromatic N) is 1. The SMILES string of the molecule is CCNc1cc(C(F)(F)F)cc(NCC(N)=O)n1. The minimum absolute atomic E-state index is 0.0559. The highest BCUT2D eigenvalue weighted by Crippen LogP contribution is 2.31. The number of alkyl halides is 3. The first-order valence-corrected chi connectivity index (χ1v) is 5.18. The predicted octanol–water partition coefficient (Wildman–Crippen LogP) is 1.43. The summed E-state index contributed by atoms with van der Waals surface area (Å²) in [6, 6.07) is 1.72. The summed E-state index contributed by atoms with van der Waals surface area (Å²) in [7, 11) is 0. The molecule has 0 aliphatic heterocycles. The molecule has 0 bridgehead atoms. The van der Waals surface area contributed by atoms with Crippen LogP contribution >= 0.6 is 0 Å². The van der Waals surface area contributed by atoms with Gasteiger partial charge >= 0.3 is 6.18 Å². The zero-order valence-corrected chi connectivity index (χ0v) is 9.64. The van der Waals surface area contributed by atoms with Crippen LogP contribution in [0.5, 0.6) is 0 Å². The Morgan fingerprint density at radius 1 is 1.33 bits per heavy atom. The van der Waals surface area contributed by atoms with Gasteiger partial charge in [0.15, 0.2) is 0 Å². The zero-order valence-electron chi connectivity index (χ0n) is 9.64. The van der Waals surface area contributed by atoms with Gasteiger partial charge in [-0.1, -0.05) is 0 Å². The van der Waals surface area contributed by atoms with E-state index in [0.29, 0.717) is 6.54 Å². The zero-order chi connectivity index (χ0) is 13.8. The van der Waals surface area contributed by atoms with E-state index >= 15 is 0 Å². The van der Waals surface area contributed by atoms with E-state index in [9.17, 15) is 18.0 Å². The van der Waals surface area contributed by atoms with E-state index in [1.165, 1.54) is 0 Å². The summed E-state index contributed by atoms with van der Waals surface area (Å²) >= 11 is 0. The molecule has 4 N–H and O–H groups in total. The number of pyridine rings is 1. The van der Waals surface area contributed by atoms with Crippen molar-refractivity contribution in [2.24, 2.45) is 5.73 Å². The van der Waals surface area contributed by atoms with E-state index in [1.807, 2.05) is 0 Å².